The number of rotatable bonds is 6. The molecule has 0 bridgehead atoms. The van der Waals surface area contributed by atoms with Crippen LogP contribution in [0, 0.1) is 11.3 Å². The van der Waals surface area contributed by atoms with Crippen LogP contribution in [0.15, 0.2) is 0 Å². The summed E-state index contributed by atoms with van der Waals surface area (Å²) in [5.74, 6) is -0.386. The first-order chi connectivity index (χ1) is 10.3. The van der Waals surface area contributed by atoms with E-state index < -0.39 is 17.1 Å². The van der Waals surface area contributed by atoms with Crippen LogP contribution in [0.5, 0.6) is 0 Å². The summed E-state index contributed by atoms with van der Waals surface area (Å²) in [6.45, 7) is 15.5. The number of carboxylic acid groups (broad SMARTS) is 1. The SMILES string of the molecule is CC(C)C(C)(C)CNC1(CC(=O)O)CN(C(=O)OC(C)(C)C)C1. The lowest BCUT2D eigenvalue weighted by Crippen LogP contribution is -2.72. The summed E-state index contributed by atoms with van der Waals surface area (Å²) in [7, 11) is 0. The molecule has 23 heavy (non-hydrogen) atoms. The van der Waals surface area contributed by atoms with Gasteiger partial charge >= 0.3 is 12.1 Å². The Morgan fingerprint density at radius 1 is 1.22 bits per heavy atom. The van der Waals surface area contributed by atoms with Crippen LogP contribution in [-0.4, -0.2) is 52.8 Å². The van der Waals surface area contributed by atoms with Gasteiger partial charge in [0.2, 0.25) is 0 Å². The van der Waals surface area contributed by atoms with Gasteiger partial charge in [0.15, 0.2) is 0 Å². The molecule has 1 saturated heterocycles. The molecular weight excluding hydrogens is 296 g/mol. The first-order valence-corrected chi connectivity index (χ1v) is 8.21. The van der Waals surface area contributed by atoms with Crippen LogP contribution in [0.2, 0.25) is 0 Å². The average Bonchev–Trinajstić information content (AvgIpc) is 2.28. The summed E-state index contributed by atoms with van der Waals surface area (Å²) < 4.78 is 5.34. The zero-order valence-corrected chi connectivity index (χ0v) is 15.5. The van der Waals surface area contributed by atoms with E-state index in [1.54, 1.807) is 4.90 Å². The minimum atomic E-state index is -0.858. The molecule has 0 aliphatic carbocycles. The Morgan fingerprint density at radius 3 is 2.13 bits per heavy atom. The third kappa shape index (κ3) is 5.68. The molecule has 6 heteroatoms. The van der Waals surface area contributed by atoms with Crippen molar-refractivity contribution in [2.24, 2.45) is 11.3 Å². The number of hydrogen-bond donors (Lipinski definition) is 2. The summed E-state index contributed by atoms with van der Waals surface area (Å²) in [6.07, 6.45) is -0.385. The number of nitrogens with zero attached hydrogens (tertiary/aromatic N) is 1. The summed E-state index contributed by atoms with van der Waals surface area (Å²) >= 11 is 0. The lowest BCUT2D eigenvalue weighted by atomic mass is 9.79. The van der Waals surface area contributed by atoms with Crippen LogP contribution in [-0.2, 0) is 9.53 Å². The monoisotopic (exact) mass is 328 g/mol. The van der Waals surface area contributed by atoms with E-state index in [1.807, 2.05) is 20.8 Å². The van der Waals surface area contributed by atoms with E-state index >= 15 is 0 Å². The second-order valence-corrected chi connectivity index (χ2v) is 8.68. The fraction of sp³-hybridized carbons (Fsp3) is 0.882. The fourth-order valence-corrected chi connectivity index (χ4v) is 2.33. The molecular formula is C17H32N2O4. The number of amides is 1. The zero-order chi connectivity index (χ0) is 18.1. The van der Waals surface area contributed by atoms with Gasteiger partial charge in [0, 0.05) is 19.6 Å². The van der Waals surface area contributed by atoms with Gasteiger partial charge in [-0.15, -0.1) is 0 Å². The number of likely N-dealkylation sites (tertiary alicyclic amines) is 1. The Kier molecular flexibility index (Phi) is 5.73. The predicted molar refractivity (Wildman–Crippen MR) is 89.4 cm³/mol. The number of hydrogen-bond acceptors (Lipinski definition) is 4. The van der Waals surface area contributed by atoms with Gasteiger partial charge in [-0.2, -0.15) is 0 Å². The van der Waals surface area contributed by atoms with Gasteiger partial charge in [-0.1, -0.05) is 27.7 Å². The highest BCUT2D eigenvalue weighted by atomic mass is 16.6. The largest absolute Gasteiger partial charge is 0.481 e. The maximum Gasteiger partial charge on any atom is 0.410 e. The second kappa shape index (κ2) is 6.67. The van der Waals surface area contributed by atoms with Crippen molar-refractivity contribution in [2.45, 2.75) is 66.0 Å². The molecule has 0 aromatic carbocycles. The van der Waals surface area contributed by atoms with E-state index in [9.17, 15) is 14.7 Å². The van der Waals surface area contributed by atoms with Crippen LogP contribution >= 0.6 is 0 Å². The molecule has 0 atom stereocenters. The molecule has 6 nitrogen and oxygen atoms in total. The van der Waals surface area contributed by atoms with Crippen molar-refractivity contribution < 1.29 is 19.4 Å². The minimum Gasteiger partial charge on any atom is -0.481 e. The fourth-order valence-electron chi connectivity index (χ4n) is 2.33. The summed E-state index contributed by atoms with van der Waals surface area (Å²) in [5, 5.41) is 12.6. The summed E-state index contributed by atoms with van der Waals surface area (Å²) in [6, 6.07) is 0. The predicted octanol–water partition coefficient (Wildman–Crippen LogP) is 2.72. The lowest BCUT2D eigenvalue weighted by Gasteiger charge is -2.51. The Hall–Kier alpha value is -1.30. The minimum absolute atomic E-state index is 0.000469. The number of carbonyl (C=O) groups is 2. The molecule has 1 rings (SSSR count). The highest BCUT2D eigenvalue weighted by Crippen LogP contribution is 2.30. The van der Waals surface area contributed by atoms with Crippen LogP contribution in [0.3, 0.4) is 0 Å². The van der Waals surface area contributed by atoms with Crippen molar-refractivity contribution in [2.75, 3.05) is 19.6 Å². The van der Waals surface area contributed by atoms with Gasteiger partial charge in [0.05, 0.1) is 12.0 Å². The third-order valence-electron chi connectivity index (χ3n) is 4.61. The van der Waals surface area contributed by atoms with Crippen LogP contribution in [0.1, 0.15) is 54.9 Å². The Balaban J connectivity index is 2.67. The van der Waals surface area contributed by atoms with Gasteiger partial charge in [-0.25, -0.2) is 4.79 Å². The quantitative estimate of drug-likeness (QED) is 0.784. The van der Waals surface area contributed by atoms with Gasteiger partial charge in [-0.3, -0.25) is 4.79 Å². The Labute approximate surface area is 139 Å². The normalized spacial score (nSPS) is 17.8. The Bertz CT molecular complexity index is 446. The molecule has 1 aliphatic heterocycles. The highest BCUT2D eigenvalue weighted by molar-refractivity contribution is 5.73. The molecule has 0 spiro atoms. The van der Waals surface area contributed by atoms with Crippen molar-refractivity contribution in [3.63, 3.8) is 0 Å². The smallest absolute Gasteiger partial charge is 0.410 e. The molecule has 0 radical (unpaired) electrons. The van der Waals surface area contributed by atoms with Crippen LogP contribution in [0.25, 0.3) is 0 Å². The number of ether oxygens (including phenoxy) is 1. The zero-order valence-electron chi connectivity index (χ0n) is 15.5. The number of nitrogens with one attached hydrogen (secondary N) is 1. The third-order valence-corrected chi connectivity index (χ3v) is 4.61. The molecule has 1 aliphatic rings. The molecule has 1 heterocycles. The molecule has 0 aromatic heterocycles. The maximum absolute atomic E-state index is 12.1. The summed E-state index contributed by atoms with van der Waals surface area (Å²) in [5.41, 5.74) is -1.05. The number of carboxylic acids is 1. The van der Waals surface area contributed by atoms with E-state index in [1.165, 1.54) is 0 Å². The second-order valence-electron chi connectivity index (χ2n) is 8.68. The standard InChI is InChI=1S/C17H32N2O4/c1-12(2)16(6,7)9-18-17(8-13(20)21)10-19(11-17)14(22)23-15(3,4)5/h12,18H,8-11H2,1-7H3,(H,20,21). The van der Waals surface area contributed by atoms with Crippen LogP contribution in [0.4, 0.5) is 4.79 Å². The van der Waals surface area contributed by atoms with Gasteiger partial charge < -0.3 is 20.1 Å². The van der Waals surface area contributed by atoms with E-state index in [2.05, 4.69) is 33.0 Å². The lowest BCUT2D eigenvalue weighted by molar-refractivity contribution is -0.141. The molecule has 0 aromatic rings. The highest BCUT2D eigenvalue weighted by Gasteiger charge is 2.48. The van der Waals surface area contributed by atoms with Crippen molar-refractivity contribution in [3.8, 4) is 0 Å². The van der Waals surface area contributed by atoms with E-state index in [4.69, 9.17) is 4.74 Å². The summed E-state index contributed by atoms with van der Waals surface area (Å²) in [4.78, 5) is 24.8. The van der Waals surface area contributed by atoms with Crippen LogP contribution < -0.4 is 5.32 Å². The Morgan fingerprint density at radius 2 is 1.74 bits per heavy atom. The molecule has 0 saturated carbocycles. The first-order valence-electron chi connectivity index (χ1n) is 8.21. The topological polar surface area (TPSA) is 78.9 Å². The van der Waals surface area contributed by atoms with E-state index in [0.29, 0.717) is 25.6 Å². The average molecular weight is 328 g/mol. The maximum atomic E-state index is 12.1. The van der Waals surface area contributed by atoms with Crippen molar-refractivity contribution in [1.82, 2.24) is 10.2 Å². The van der Waals surface area contributed by atoms with E-state index in [0.717, 1.165) is 0 Å². The van der Waals surface area contributed by atoms with Crippen molar-refractivity contribution in [3.05, 3.63) is 0 Å². The molecule has 1 fully saturated rings. The van der Waals surface area contributed by atoms with Gasteiger partial charge in [-0.05, 0) is 32.1 Å². The van der Waals surface area contributed by atoms with Crippen molar-refractivity contribution in [1.29, 1.82) is 0 Å². The molecule has 1 amide bonds. The molecule has 2 N–H and O–H groups in total. The molecule has 134 valence electrons. The van der Waals surface area contributed by atoms with Gasteiger partial charge in [0.1, 0.15) is 5.60 Å². The van der Waals surface area contributed by atoms with E-state index in [-0.39, 0.29) is 17.9 Å². The number of carbonyl (C=O) groups excluding carboxylic acids is 1. The van der Waals surface area contributed by atoms with Crippen molar-refractivity contribution >= 4 is 12.1 Å². The molecule has 0 unspecified atom stereocenters. The number of aliphatic carboxylic acids is 1. The van der Waals surface area contributed by atoms with Gasteiger partial charge in [0.25, 0.3) is 0 Å². The first kappa shape index (κ1) is 19.7.